The summed E-state index contributed by atoms with van der Waals surface area (Å²) in [5.41, 5.74) is 1.27. The van der Waals surface area contributed by atoms with Crippen LogP contribution in [-0.2, 0) is 9.53 Å². The molecule has 2 heterocycles. The fourth-order valence-electron chi connectivity index (χ4n) is 2.26. The van der Waals surface area contributed by atoms with Crippen LogP contribution in [0.2, 0.25) is 0 Å². The van der Waals surface area contributed by atoms with Gasteiger partial charge in [-0.2, -0.15) is 0 Å². The quantitative estimate of drug-likeness (QED) is 0.578. The van der Waals surface area contributed by atoms with Gasteiger partial charge < -0.3 is 9.64 Å². The van der Waals surface area contributed by atoms with Gasteiger partial charge in [-0.3, -0.25) is 9.69 Å². The Morgan fingerprint density at radius 2 is 2.11 bits per heavy atom. The van der Waals surface area contributed by atoms with Crippen LogP contribution >= 0.6 is 12.2 Å². The minimum atomic E-state index is -0.139. The van der Waals surface area contributed by atoms with Crippen LogP contribution in [0, 0.1) is 0 Å². The maximum Gasteiger partial charge on any atom is 0.297 e. The minimum Gasteiger partial charge on any atom is -0.426 e. The smallest absolute Gasteiger partial charge is 0.297 e. The van der Waals surface area contributed by atoms with Gasteiger partial charge in [0.05, 0.1) is 0 Å². The number of allylic oxidation sites excluding steroid dienone is 3. The first kappa shape index (κ1) is 13.1. The van der Waals surface area contributed by atoms with E-state index < -0.39 is 0 Å². The van der Waals surface area contributed by atoms with Gasteiger partial charge in [-0.1, -0.05) is 0 Å². The van der Waals surface area contributed by atoms with Crippen LogP contribution in [-0.4, -0.2) is 40.5 Å². The lowest BCUT2D eigenvalue weighted by molar-refractivity contribution is -0.122. The fourth-order valence-corrected chi connectivity index (χ4v) is 2.56. The summed E-state index contributed by atoms with van der Waals surface area (Å²) in [6, 6.07) is 0. The van der Waals surface area contributed by atoms with Crippen molar-refractivity contribution in [3.05, 3.63) is 23.6 Å². The number of ether oxygens (including phenoxy) is 1. The van der Waals surface area contributed by atoms with E-state index in [-0.39, 0.29) is 11.1 Å². The first-order valence-electron chi connectivity index (χ1n) is 6.36. The molecule has 0 aliphatic carbocycles. The highest BCUT2D eigenvalue weighted by molar-refractivity contribution is 7.80. The Morgan fingerprint density at radius 3 is 2.72 bits per heavy atom. The molecule has 2 fully saturated rings. The summed E-state index contributed by atoms with van der Waals surface area (Å²) in [6.07, 6.45) is 5.96. The third kappa shape index (κ3) is 2.41. The van der Waals surface area contributed by atoms with Crippen LogP contribution in [0.4, 0.5) is 0 Å². The molecule has 5 heteroatoms. The van der Waals surface area contributed by atoms with Gasteiger partial charge in [-0.15, -0.1) is 0 Å². The number of thiocarbonyl (C=S) groups is 1. The van der Waals surface area contributed by atoms with Gasteiger partial charge in [0.15, 0.2) is 5.76 Å². The predicted molar refractivity (Wildman–Crippen MR) is 73.7 cm³/mol. The second-order valence-electron chi connectivity index (χ2n) is 4.29. The molecule has 1 amide bonds. The highest BCUT2D eigenvalue weighted by Crippen LogP contribution is 2.22. The van der Waals surface area contributed by atoms with E-state index in [2.05, 4.69) is 11.8 Å². The lowest BCUT2D eigenvalue weighted by atomic mass is 10.2. The summed E-state index contributed by atoms with van der Waals surface area (Å²) in [4.78, 5) is 15.7. The molecule has 0 radical (unpaired) electrons. The van der Waals surface area contributed by atoms with Crippen molar-refractivity contribution in [2.24, 2.45) is 0 Å². The Hall–Kier alpha value is -1.36. The van der Waals surface area contributed by atoms with Crippen molar-refractivity contribution in [2.75, 3.05) is 19.6 Å². The molecule has 0 aromatic rings. The number of carbonyl (C=O) groups excluding carboxylic acids is 1. The molecular formula is C13H18N2O2S. The summed E-state index contributed by atoms with van der Waals surface area (Å²) in [5, 5.41) is 0.255. The van der Waals surface area contributed by atoms with Gasteiger partial charge in [-0.25, -0.2) is 0 Å². The van der Waals surface area contributed by atoms with Gasteiger partial charge >= 0.3 is 0 Å². The lowest BCUT2D eigenvalue weighted by Crippen LogP contribution is -2.27. The molecule has 0 unspecified atom stereocenters. The number of amides is 1. The van der Waals surface area contributed by atoms with Crippen LogP contribution in [0.3, 0.4) is 0 Å². The Morgan fingerprint density at radius 1 is 1.33 bits per heavy atom. The largest absolute Gasteiger partial charge is 0.426 e. The molecule has 2 rings (SSSR count). The molecule has 18 heavy (non-hydrogen) atoms. The SMILES string of the molecule is CCN1C(=O)/C(=C/C=C2/CCCN2CC)OC1=S. The number of likely N-dealkylation sites (tertiary alicyclic amines) is 1. The van der Waals surface area contributed by atoms with Gasteiger partial charge in [0.2, 0.25) is 0 Å². The van der Waals surface area contributed by atoms with E-state index in [1.165, 1.54) is 17.0 Å². The summed E-state index contributed by atoms with van der Waals surface area (Å²) in [7, 11) is 0. The molecule has 0 bridgehead atoms. The molecule has 0 spiro atoms. The van der Waals surface area contributed by atoms with Crippen LogP contribution < -0.4 is 0 Å². The number of rotatable bonds is 3. The van der Waals surface area contributed by atoms with Crippen molar-refractivity contribution in [2.45, 2.75) is 26.7 Å². The van der Waals surface area contributed by atoms with E-state index >= 15 is 0 Å². The number of likely N-dealkylation sites (N-methyl/N-ethyl adjacent to an activating group) is 1. The van der Waals surface area contributed by atoms with Crippen molar-refractivity contribution in [1.82, 2.24) is 9.80 Å². The van der Waals surface area contributed by atoms with E-state index in [4.69, 9.17) is 17.0 Å². The molecule has 0 aromatic heterocycles. The predicted octanol–water partition coefficient (Wildman–Crippen LogP) is 2.03. The maximum absolute atomic E-state index is 11.9. The van der Waals surface area contributed by atoms with Gasteiger partial charge in [0.25, 0.3) is 11.1 Å². The number of carbonyl (C=O) groups is 1. The second kappa shape index (κ2) is 5.52. The topological polar surface area (TPSA) is 32.8 Å². The molecule has 0 atom stereocenters. The monoisotopic (exact) mass is 266 g/mol. The Balaban J connectivity index is 2.13. The minimum absolute atomic E-state index is 0.139. The van der Waals surface area contributed by atoms with Crippen LogP contribution in [0.1, 0.15) is 26.7 Å². The zero-order valence-electron chi connectivity index (χ0n) is 10.8. The lowest BCUT2D eigenvalue weighted by Gasteiger charge is -2.16. The number of hydrogen-bond acceptors (Lipinski definition) is 4. The molecule has 2 aliphatic heterocycles. The van der Waals surface area contributed by atoms with Crippen molar-refractivity contribution in [3.63, 3.8) is 0 Å². The molecule has 4 nitrogen and oxygen atoms in total. The second-order valence-corrected chi connectivity index (χ2v) is 4.64. The molecule has 2 saturated heterocycles. The summed E-state index contributed by atoms with van der Waals surface area (Å²) in [6.45, 7) is 6.66. The fraction of sp³-hybridized carbons (Fsp3) is 0.538. The standard InChI is InChI=1S/C13H18N2O2S/c1-3-14-9-5-6-10(14)7-8-11-12(16)15(4-2)13(18)17-11/h7-8H,3-6,9H2,1-2H3/b10-7-,11-8-. The van der Waals surface area contributed by atoms with Gasteiger partial charge in [0.1, 0.15) is 0 Å². The van der Waals surface area contributed by atoms with E-state index in [1.807, 2.05) is 13.0 Å². The highest BCUT2D eigenvalue weighted by Gasteiger charge is 2.31. The zero-order valence-corrected chi connectivity index (χ0v) is 11.6. The molecule has 2 aliphatic rings. The Labute approximate surface area is 113 Å². The van der Waals surface area contributed by atoms with E-state index in [0.717, 1.165) is 19.5 Å². The van der Waals surface area contributed by atoms with Crippen molar-refractivity contribution in [3.8, 4) is 0 Å². The van der Waals surface area contributed by atoms with Crippen LogP contribution in [0.5, 0.6) is 0 Å². The van der Waals surface area contributed by atoms with Crippen LogP contribution in [0.25, 0.3) is 0 Å². The average Bonchev–Trinajstić information content (AvgIpc) is 2.91. The maximum atomic E-state index is 11.9. The summed E-state index contributed by atoms with van der Waals surface area (Å²) < 4.78 is 5.31. The molecule has 98 valence electrons. The van der Waals surface area contributed by atoms with Crippen molar-refractivity contribution >= 4 is 23.3 Å². The summed E-state index contributed by atoms with van der Waals surface area (Å²) >= 11 is 5.00. The molecule has 0 saturated carbocycles. The third-order valence-corrected chi connectivity index (χ3v) is 3.57. The Kier molecular flexibility index (Phi) is 4.01. The third-order valence-electron chi connectivity index (χ3n) is 3.27. The van der Waals surface area contributed by atoms with E-state index in [1.54, 1.807) is 6.08 Å². The number of nitrogens with zero attached hydrogens (tertiary/aromatic N) is 2. The Bertz CT molecular complexity index is 429. The highest BCUT2D eigenvalue weighted by atomic mass is 32.1. The average molecular weight is 266 g/mol. The van der Waals surface area contributed by atoms with Crippen molar-refractivity contribution < 1.29 is 9.53 Å². The van der Waals surface area contributed by atoms with Gasteiger partial charge in [-0.05, 0) is 51.1 Å². The first-order valence-corrected chi connectivity index (χ1v) is 6.77. The van der Waals surface area contributed by atoms with Crippen LogP contribution in [0.15, 0.2) is 23.6 Å². The van der Waals surface area contributed by atoms with Crippen molar-refractivity contribution in [1.29, 1.82) is 0 Å². The number of hydrogen-bond donors (Lipinski definition) is 0. The summed E-state index contributed by atoms with van der Waals surface area (Å²) in [5.74, 6) is 0.192. The zero-order chi connectivity index (χ0) is 13.1. The molecular weight excluding hydrogens is 248 g/mol. The van der Waals surface area contributed by atoms with Gasteiger partial charge in [0, 0.05) is 25.3 Å². The van der Waals surface area contributed by atoms with E-state index in [9.17, 15) is 4.79 Å². The normalized spacial score (nSPS) is 24.6. The first-order chi connectivity index (χ1) is 8.67. The van der Waals surface area contributed by atoms with E-state index in [0.29, 0.717) is 12.3 Å². The molecule has 0 aromatic carbocycles. The molecule has 0 N–H and O–H groups in total.